The second kappa shape index (κ2) is 6.45. The lowest BCUT2D eigenvalue weighted by atomic mass is 10.2. The van der Waals surface area contributed by atoms with Gasteiger partial charge in [0.1, 0.15) is 0 Å². The highest BCUT2D eigenvalue weighted by molar-refractivity contribution is 6.05. The first-order valence-electron chi connectivity index (χ1n) is 6.99. The molecule has 2 rings (SSSR count). The topological polar surface area (TPSA) is 61.9 Å². The first-order chi connectivity index (χ1) is 9.11. The monoisotopic (exact) mass is 269 g/mol. The van der Waals surface area contributed by atoms with E-state index in [2.05, 4.69) is 17.3 Å². The van der Waals surface area contributed by atoms with Gasteiger partial charge in [0.25, 0.3) is 0 Å². The van der Waals surface area contributed by atoms with Crippen molar-refractivity contribution in [2.45, 2.75) is 31.9 Å². The highest BCUT2D eigenvalue weighted by Crippen LogP contribution is 2.14. The van der Waals surface area contributed by atoms with Crippen LogP contribution in [0.1, 0.15) is 19.8 Å². The molecule has 108 valence electrons. The summed E-state index contributed by atoms with van der Waals surface area (Å²) in [6.07, 6.45) is 1.18. The third-order valence-electron chi connectivity index (χ3n) is 3.62. The minimum Gasteiger partial charge on any atom is -0.374 e. The van der Waals surface area contributed by atoms with Gasteiger partial charge in [-0.05, 0) is 13.5 Å². The van der Waals surface area contributed by atoms with Gasteiger partial charge in [-0.2, -0.15) is 0 Å². The number of likely N-dealkylation sites (tertiary alicyclic amines) is 1. The molecule has 2 fully saturated rings. The van der Waals surface area contributed by atoms with E-state index < -0.39 is 0 Å². The van der Waals surface area contributed by atoms with Crippen LogP contribution in [0.25, 0.3) is 0 Å². The van der Waals surface area contributed by atoms with E-state index in [0.717, 1.165) is 26.1 Å². The van der Waals surface area contributed by atoms with Crippen LogP contribution >= 0.6 is 0 Å². The van der Waals surface area contributed by atoms with Crippen molar-refractivity contribution in [2.75, 3.05) is 39.8 Å². The maximum absolute atomic E-state index is 12.0. The molecule has 2 saturated heterocycles. The van der Waals surface area contributed by atoms with Gasteiger partial charge in [0.15, 0.2) is 0 Å². The summed E-state index contributed by atoms with van der Waals surface area (Å²) in [5.74, 6) is -0.151. The number of rotatable bonds is 5. The zero-order chi connectivity index (χ0) is 13.8. The summed E-state index contributed by atoms with van der Waals surface area (Å²) in [4.78, 5) is 27.3. The van der Waals surface area contributed by atoms with Crippen molar-refractivity contribution in [1.82, 2.24) is 15.1 Å². The minimum atomic E-state index is -0.366. The maximum Gasteiger partial charge on any atom is 0.246 e. The molecule has 0 aromatic rings. The summed E-state index contributed by atoms with van der Waals surface area (Å²) in [6, 6.07) is -0.366. The van der Waals surface area contributed by atoms with Crippen LogP contribution in [0.5, 0.6) is 0 Å². The molecule has 2 amide bonds. The van der Waals surface area contributed by atoms with Crippen molar-refractivity contribution >= 4 is 11.8 Å². The fourth-order valence-corrected chi connectivity index (χ4v) is 2.57. The van der Waals surface area contributed by atoms with Crippen LogP contribution in [0.4, 0.5) is 0 Å². The Kier molecular flexibility index (Phi) is 4.90. The van der Waals surface area contributed by atoms with Crippen molar-refractivity contribution in [2.24, 2.45) is 0 Å². The lowest BCUT2D eigenvalue weighted by Crippen LogP contribution is -2.48. The van der Waals surface area contributed by atoms with Gasteiger partial charge < -0.3 is 15.0 Å². The van der Waals surface area contributed by atoms with E-state index in [0.29, 0.717) is 13.1 Å². The lowest BCUT2D eigenvalue weighted by molar-refractivity contribution is -0.138. The third-order valence-corrected chi connectivity index (χ3v) is 3.62. The van der Waals surface area contributed by atoms with Gasteiger partial charge in [0, 0.05) is 26.2 Å². The Labute approximate surface area is 114 Å². The molecular weight excluding hydrogens is 246 g/mol. The number of morpholine rings is 1. The number of hydrogen-bond donors (Lipinski definition) is 1. The van der Waals surface area contributed by atoms with Gasteiger partial charge in [-0.3, -0.25) is 14.5 Å². The average molecular weight is 269 g/mol. The molecule has 2 unspecified atom stereocenters. The van der Waals surface area contributed by atoms with Gasteiger partial charge >= 0.3 is 0 Å². The number of likely N-dealkylation sites (N-methyl/N-ethyl adjacent to an activating group) is 1. The quantitative estimate of drug-likeness (QED) is 0.678. The Morgan fingerprint density at radius 1 is 1.42 bits per heavy atom. The van der Waals surface area contributed by atoms with E-state index in [1.807, 2.05) is 6.92 Å². The number of amides is 2. The first kappa shape index (κ1) is 14.4. The summed E-state index contributed by atoms with van der Waals surface area (Å²) in [5.41, 5.74) is 0. The molecular formula is C13H23N3O3. The molecule has 0 bridgehead atoms. The van der Waals surface area contributed by atoms with Gasteiger partial charge in [-0.1, -0.05) is 6.92 Å². The van der Waals surface area contributed by atoms with Crippen LogP contribution in [0, 0.1) is 0 Å². The zero-order valence-electron chi connectivity index (χ0n) is 11.7. The molecule has 0 aromatic carbocycles. The Hall–Kier alpha value is -0.980. The fourth-order valence-electron chi connectivity index (χ4n) is 2.57. The van der Waals surface area contributed by atoms with E-state index in [-0.39, 0.29) is 30.4 Å². The van der Waals surface area contributed by atoms with Crippen molar-refractivity contribution in [1.29, 1.82) is 0 Å². The van der Waals surface area contributed by atoms with E-state index in [9.17, 15) is 9.59 Å². The van der Waals surface area contributed by atoms with Crippen molar-refractivity contribution < 1.29 is 14.3 Å². The Bertz CT molecular complexity index is 348. The summed E-state index contributed by atoms with van der Waals surface area (Å²) in [7, 11) is 2.06. The molecule has 0 aliphatic carbocycles. The molecule has 2 aliphatic rings. The van der Waals surface area contributed by atoms with Gasteiger partial charge in [-0.15, -0.1) is 0 Å². The second-order valence-corrected chi connectivity index (χ2v) is 5.30. The van der Waals surface area contributed by atoms with Crippen LogP contribution in [0.15, 0.2) is 0 Å². The van der Waals surface area contributed by atoms with E-state index in [1.54, 1.807) is 0 Å². The summed E-state index contributed by atoms with van der Waals surface area (Å²) >= 11 is 0. The number of nitrogens with zero attached hydrogens (tertiary/aromatic N) is 2. The number of carbonyl (C=O) groups excluding carboxylic acids is 2. The molecule has 0 saturated carbocycles. The van der Waals surface area contributed by atoms with Crippen LogP contribution in [0.3, 0.4) is 0 Å². The van der Waals surface area contributed by atoms with E-state index in [4.69, 9.17) is 4.74 Å². The predicted octanol–water partition coefficient (Wildman–Crippen LogP) is -0.556. The molecule has 19 heavy (non-hydrogen) atoms. The molecule has 0 radical (unpaired) electrons. The SMILES string of the molecule is CCCN1C(=O)CC(NCC2CN(C)CCO2)C1=O. The molecule has 6 nitrogen and oxygen atoms in total. The number of nitrogens with one attached hydrogen (secondary N) is 1. The predicted molar refractivity (Wildman–Crippen MR) is 70.7 cm³/mol. The molecule has 0 aromatic heterocycles. The Balaban J connectivity index is 1.80. The molecule has 1 N–H and O–H groups in total. The first-order valence-corrected chi connectivity index (χ1v) is 6.99. The van der Waals surface area contributed by atoms with Crippen LogP contribution in [-0.2, 0) is 14.3 Å². The Morgan fingerprint density at radius 2 is 2.21 bits per heavy atom. The maximum atomic E-state index is 12.0. The molecule has 0 spiro atoms. The highest BCUT2D eigenvalue weighted by atomic mass is 16.5. The fraction of sp³-hybridized carbons (Fsp3) is 0.846. The van der Waals surface area contributed by atoms with Gasteiger partial charge in [0.05, 0.1) is 25.2 Å². The molecule has 2 aliphatic heterocycles. The van der Waals surface area contributed by atoms with Crippen molar-refractivity contribution in [3.8, 4) is 0 Å². The molecule has 2 atom stereocenters. The van der Waals surface area contributed by atoms with Crippen LogP contribution in [-0.4, -0.2) is 73.6 Å². The van der Waals surface area contributed by atoms with Crippen LogP contribution in [0.2, 0.25) is 0 Å². The van der Waals surface area contributed by atoms with Crippen molar-refractivity contribution in [3.63, 3.8) is 0 Å². The summed E-state index contributed by atoms with van der Waals surface area (Å²) in [5, 5.41) is 3.18. The number of carbonyl (C=O) groups is 2. The number of ether oxygens (including phenoxy) is 1. The molecule has 6 heteroatoms. The third kappa shape index (κ3) is 3.52. The zero-order valence-corrected chi connectivity index (χ0v) is 11.7. The highest BCUT2D eigenvalue weighted by Gasteiger charge is 2.37. The van der Waals surface area contributed by atoms with Crippen LogP contribution < -0.4 is 5.32 Å². The van der Waals surface area contributed by atoms with E-state index in [1.165, 1.54) is 4.90 Å². The second-order valence-electron chi connectivity index (χ2n) is 5.30. The van der Waals surface area contributed by atoms with Crippen molar-refractivity contribution in [3.05, 3.63) is 0 Å². The molecule has 2 heterocycles. The Morgan fingerprint density at radius 3 is 2.89 bits per heavy atom. The normalized spacial score (nSPS) is 29.3. The summed E-state index contributed by atoms with van der Waals surface area (Å²) < 4.78 is 5.63. The lowest BCUT2D eigenvalue weighted by Gasteiger charge is -2.30. The average Bonchev–Trinajstić information content (AvgIpc) is 2.65. The van der Waals surface area contributed by atoms with E-state index >= 15 is 0 Å². The summed E-state index contributed by atoms with van der Waals surface area (Å²) in [6.45, 7) is 5.64. The largest absolute Gasteiger partial charge is 0.374 e. The van der Waals surface area contributed by atoms with Gasteiger partial charge in [-0.25, -0.2) is 0 Å². The number of imide groups is 1. The minimum absolute atomic E-state index is 0.0639. The standard InChI is InChI=1S/C13H23N3O3/c1-3-4-16-12(17)7-11(13(16)18)14-8-10-9-15(2)5-6-19-10/h10-11,14H,3-9H2,1-2H3. The smallest absolute Gasteiger partial charge is 0.246 e. The van der Waals surface area contributed by atoms with Gasteiger partial charge in [0.2, 0.25) is 11.8 Å². The number of hydrogen-bond acceptors (Lipinski definition) is 5.